The molecule has 1 aromatic carbocycles. The van der Waals surface area contributed by atoms with Crippen molar-refractivity contribution in [1.82, 2.24) is 19.6 Å². The van der Waals surface area contributed by atoms with Gasteiger partial charge >= 0.3 is 12.4 Å². The first-order valence-electron chi connectivity index (χ1n) is 8.93. The molecule has 0 saturated heterocycles. The molecule has 6 nitrogen and oxygen atoms in total. The van der Waals surface area contributed by atoms with Gasteiger partial charge in [0, 0.05) is 18.2 Å². The minimum absolute atomic E-state index is 0.0182. The molecular weight excluding hydrogens is 416 g/mol. The molecule has 4 rings (SSSR count). The summed E-state index contributed by atoms with van der Waals surface area (Å²) in [5.41, 5.74) is -3.46. The van der Waals surface area contributed by atoms with Crippen molar-refractivity contribution in [2.24, 2.45) is 5.92 Å². The van der Waals surface area contributed by atoms with Crippen molar-refractivity contribution in [1.29, 1.82) is 0 Å². The molecule has 1 aliphatic rings. The Bertz CT molecular complexity index is 1070. The standard InChI is InChI=1S/C18H15F6N5O/c19-17(20,21)10-1-2-12(13(5-10)18(22,23)24)15-14-6-25-8-29(14)16(28-27-15)26-11-3-9(4-11)7-30/h1-2,5-6,8-9,11,30H,3-4,7H2,(H,26,28). The Labute approximate surface area is 165 Å². The third kappa shape index (κ3) is 3.66. The number of aromatic nitrogens is 4. The zero-order valence-electron chi connectivity index (χ0n) is 15.2. The maximum absolute atomic E-state index is 13.5. The van der Waals surface area contributed by atoms with Crippen LogP contribution in [0.1, 0.15) is 24.0 Å². The molecular formula is C18H15F6N5O. The summed E-state index contributed by atoms with van der Waals surface area (Å²) in [4.78, 5) is 3.92. The van der Waals surface area contributed by atoms with Crippen LogP contribution in [0.2, 0.25) is 0 Å². The van der Waals surface area contributed by atoms with Crippen molar-refractivity contribution in [2.45, 2.75) is 31.2 Å². The molecule has 0 amide bonds. The van der Waals surface area contributed by atoms with Crippen molar-refractivity contribution in [2.75, 3.05) is 11.9 Å². The lowest BCUT2D eigenvalue weighted by atomic mass is 9.81. The van der Waals surface area contributed by atoms with E-state index in [0.29, 0.717) is 18.9 Å². The molecule has 3 aromatic rings. The lowest BCUT2D eigenvalue weighted by Gasteiger charge is -2.34. The first-order valence-corrected chi connectivity index (χ1v) is 8.93. The smallest absolute Gasteiger partial charge is 0.396 e. The van der Waals surface area contributed by atoms with Gasteiger partial charge in [-0.1, -0.05) is 6.07 Å². The Kier molecular flexibility index (Phi) is 4.83. The molecule has 1 aliphatic carbocycles. The Morgan fingerprint density at radius 3 is 2.43 bits per heavy atom. The van der Waals surface area contributed by atoms with Crippen molar-refractivity contribution >= 4 is 11.5 Å². The highest BCUT2D eigenvalue weighted by Gasteiger charge is 2.39. The van der Waals surface area contributed by atoms with Gasteiger partial charge in [-0.15, -0.1) is 10.2 Å². The Hall–Kier alpha value is -2.89. The number of nitrogens with zero attached hydrogens (tertiary/aromatic N) is 4. The second kappa shape index (κ2) is 7.11. The van der Waals surface area contributed by atoms with Crippen molar-refractivity contribution in [3.8, 4) is 11.3 Å². The van der Waals surface area contributed by atoms with Crippen molar-refractivity contribution < 1.29 is 31.4 Å². The number of aliphatic hydroxyl groups excluding tert-OH is 1. The van der Waals surface area contributed by atoms with E-state index in [9.17, 15) is 26.3 Å². The molecule has 0 unspecified atom stereocenters. The summed E-state index contributed by atoms with van der Waals surface area (Å²) in [6.45, 7) is 0.0669. The SMILES string of the molecule is OCC1CC(Nc2nnc(-c3ccc(C(F)(F)F)cc3C(F)(F)F)c3cncn23)C1. The number of anilines is 1. The number of alkyl halides is 6. The predicted octanol–water partition coefficient (Wildman–Crippen LogP) is 4.01. The number of fused-ring (bicyclic) bond motifs is 1. The molecule has 30 heavy (non-hydrogen) atoms. The van der Waals surface area contributed by atoms with Gasteiger partial charge in [0.25, 0.3) is 0 Å². The van der Waals surface area contributed by atoms with Crippen molar-refractivity contribution in [3.05, 3.63) is 41.9 Å². The van der Waals surface area contributed by atoms with Crippen LogP contribution in [0.25, 0.3) is 16.8 Å². The average Bonchev–Trinajstić information content (AvgIpc) is 3.12. The number of aliphatic hydroxyl groups is 1. The summed E-state index contributed by atoms with van der Waals surface area (Å²) in [5.74, 6) is 0.419. The zero-order valence-corrected chi connectivity index (χ0v) is 15.2. The van der Waals surface area contributed by atoms with Crippen LogP contribution in [0, 0.1) is 5.92 Å². The lowest BCUT2D eigenvalue weighted by molar-refractivity contribution is -0.142. The minimum atomic E-state index is -5.03. The third-order valence-electron chi connectivity index (χ3n) is 5.09. The van der Waals surface area contributed by atoms with E-state index in [1.54, 1.807) is 0 Å². The molecule has 0 spiro atoms. The largest absolute Gasteiger partial charge is 0.417 e. The number of benzene rings is 1. The molecule has 0 atom stereocenters. The van der Waals surface area contributed by atoms with Crippen LogP contribution in [-0.2, 0) is 12.4 Å². The minimum Gasteiger partial charge on any atom is -0.396 e. The van der Waals surface area contributed by atoms with E-state index in [1.807, 2.05) is 0 Å². The van der Waals surface area contributed by atoms with Gasteiger partial charge in [-0.25, -0.2) is 4.98 Å². The average molecular weight is 431 g/mol. The first kappa shape index (κ1) is 20.4. The number of nitrogens with one attached hydrogen (secondary N) is 1. The fraction of sp³-hybridized carbons (Fsp3) is 0.389. The van der Waals surface area contributed by atoms with Crippen LogP contribution < -0.4 is 5.32 Å². The van der Waals surface area contributed by atoms with E-state index in [0.717, 1.165) is 6.07 Å². The van der Waals surface area contributed by atoms with Gasteiger partial charge in [0.15, 0.2) is 0 Å². The molecule has 2 heterocycles. The number of imidazole rings is 1. The van der Waals surface area contributed by atoms with Crippen molar-refractivity contribution in [3.63, 3.8) is 0 Å². The van der Waals surface area contributed by atoms with E-state index < -0.39 is 29.0 Å². The van der Waals surface area contributed by atoms with Gasteiger partial charge in [-0.05, 0) is 30.9 Å². The Morgan fingerprint density at radius 2 is 1.80 bits per heavy atom. The maximum Gasteiger partial charge on any atom is 0.417 e. The topological polar surface area (TPSA) is 75.3 Å². The fourth-order valence-corrected chi connectivity index (χ4v) is 3.47. The van der Waals surface area contributed by atoms with Crippen LogP contribution in [0.4, 0.5) is 32.3 Å². The van der Waals surface area contributed by atoms with E-state index in [-0.39, 0.29) is 41.8 Å². The first-order chi connectivity index (χ1) is 14.1. The summed E-state index contributed by atoms with van der Waals surface area (Å²) in [5, 5.41) is 20.0. The molecule has 0 aliphatic heterocycles. The second-order valence-electron chi connectivity index (χ2n) is 7.14. The van der Waals surface area contributed by atoms with Gasteiger partial charge < -0.3 is 10.4 Å². The number of hydrogen-bond acceptors (Lipinski definition) is 5. The maximum atomic E-state index is 13.5. The lowest BCUT2D eigenvalue weighted by Crippen LogP contribution is -2.38. The summed E-state index contributed by atoms with van der Waals surface area (Å²) < 4.78 is 80.8. The monoisotopic (exact) mass is 431 g/mol. The molecule has 0 radical (unpaired) electrons. The highest BCUT2D eigenvalue weighted by atomic mass is 19.4. The van der Waals surface area contributed by atoms with Crippen LogP contribution in [0.15, 0.2) is 30.7 Å². The molecule has 12 heteroatoms. The normalized spacial score (nSPS) is 19.7. The van der Waals surface area contributed by atoms with E-state index in [4.69, 9.17) is 5.11 Å². The summed E-state index contributed by atoms with van der Waals surface area (Å²) in [6.07, 6.45) is -5.95. The van der Waals surface area contributed by atoms with Crippen LogP contribution in [0.3, 0.4) is 0 Å². The predicted molar refractivity (Wildman–Crippen MR) is 93.4 cm³/mol. The van der Waals surface area contributed by atoms with Crippen LogP contribution in [-0.4, -0.2) is 37.3 Å². The number of rotatable bonds is 4. The van der Waals surface area contributed by atoms with Gasteiger partial charge in [-0.2, -0.15) is 26.3 Å². The fourth-order valence-electron chi connectivity index (χ4n) is 3.47. The third-order valence-corrected chi connectivity index (χ3v) is 5.09. The Balaban J connectivity index is 1.77. The quantitative estimate of drug-likeness (QED) is 0.611. The zero-order chi connectivity index (χ0) is 21.7. The van der Waals surface area contributed by atoms with E-state index >= 15 is 0 Å². The van der Waals surface area contributed by atoms with Gasteiger partial charge in [0.05, 0.1) is 22.8 Å². The molecule has 2 N–H and O–H groups in total. The summed E-state index contributed by atoms with van der Waals surface area (Å²) in [6, 6.07) is 1.41. The molecule has 160 valence electrons. The molecule has 1 saturated carbocycles. The summed E-state index contributed by atoms with van der Waals surface area (Å²) >= 11 is 0. The summed E-state index contributed by atoms with van der Waals surface area (Å²) in [7, 11) is 0. The highest BCUT2D eigenvalue weighted by Crippen LogP contribution is 2.41. The highest BCUT2D eigenvalue weighted by molar-refractivity contribution is 5.79. The van der Waals surface area contributed by atoms with Gasteiger partial charge in [0.1, 0.15) is 12.0 Å². The number of halogens is 6. The second-order valence-corrected chi connectivity index (χ2v) is 7.14. The van der Waals surface area contributed by atoms with Crippen LogP contribution >= 0.6 is 0 Å². The molecule has 1 fully saturated rings. The van der Waals surface area contributed by atoms with E-state index in [2.05, 4.69) is 20.5 Å². The van der Waals surface area contributed by atoms with Gasteiger partial charge in [0.2, 0.25) is 5.95 Å². The Morgan fingerprint density at radius 1 is 1.07 bits per heavy atom. The molecule has 0 bridgehead atoms. The van der Waals surface area contributed by atoms with Gasteiger partial charge in [-0.3, -0.25) is 4.40 Å². The van der Waals surface area contributed by atoms with Crippen LogP contribution in [0.5, 0.6) is 0 Å². The van der Waals surface area contributed by atoms with E-state index in [1.165, 1.54) is 16.9 Å². The number of hydrogen-bond donors (Lipinski definition) is 2. The molecule has 2 aromatic heterocycles.